The molecule has 0 bridgehead atoms. The molecular formula is C15H21N3O3. The fourth-order valence-electron chi connectivity index (χ4n) is 2.45. The summed E-state index contributed by atoms with van der Waals surface area (Å²) in [6.07, 6.45) is 2.94. The SMILES string of the molecule is NC(=O)CCOc1ccc(NC(=O)C2CCCC2N)cc1. The monoisotopic (exact) mass is 291 g/mol. The van der Waals surface area contributed by atoms with Crippen molar-refractivity contribution in [2.24, 2.45) is 17.4 Å². The van der Waals surface area contributed by atoms with E-state index in [0.717, 1.165) is 19.3 Å². The molecule has 6 heteroatoms. The molecule has 0 saturated heterocycles. The third-order valence-electron chi connectivity index (χ3n) is 3.65. The van der Waals surface area contributed by atoms with E-state index in [9.17, 15) is 9.59 Å². The van der Waals surface area contributed by atoms with E-state index in [4.69, 9.17) is 16.2 Å². The molecule has 1 saturated carbocycles. The number of nitrogens with two attached hydrogens (primary N) is 2. The molecule has 6 nitrogen and oxygen atoms in total. The summed E-state index contributed by atoms with van der Waals surface area (Å²) in [7, 11) is 0. The highest BCUT2D eigenvalue weighted by Gasteiger charge is 2.30. The lowest BCUT2D eigenvalue weighted by Gasteiger charge is -2.15. The molecule has 0 aliphatic heterocycles. The number of anilines is 1. The number of hydrogen-bond acceptors (Lipinski definition) is 4. The van der Waals surface area contributed by atoms with Crippen LogP contribution in [-0.2, 0) is 9.59 Å². The Kier molecular flexibility index (Phi) is 5.16. The molecule has 1 aliphatic rings. The smallest absolute Gasteiger partial charge is 0.229 e. The Morgan fingerprint density at radius 3 is 2.52 bits per heavy atom. The molecule has 0 radical (unpaired) electrons. The van der Waals surface area contributed by atoms with Gasteiger partial charge in [0, 0.05) is 11.7 Å². The van der Waals surface area contributed by atoms with Gasteiger partial charge >= 0.3 is 0 Å². The van der Waals surface area contributed by atoms with Crippen molar-refractivity contribution in [2.45, 2.75) is 31.7 Å². The summed E-state index contributed by atoms with van der Waals surface area (Å²) in [5, 5.41) is 2.87. The molecule has 114 valence electrons. The maximum Gasteiger partial charge on any atom is 0.229 e. The van der Waals surface area contributed by atoms with E-state index in [1.54, 1.807) is 24.3 Å². The number of amides is 2. The van der Waals surface area contributed by atoms with Gasteiger partial charge in [-0.25, -0.2) is 0 Å². The lowest BCUT2D eigenvalue weighted by Crippen LogP contribution is -2.34. The number of rotatable bonds is 6. The molecule has 1 aromatic carbocycles. The number of nitrogens with one attached hydrogen (secondary N) is 1. The Labute approximate surface area is 123 Å². The topological polar surface area (TPSA) is 107 Å². The molecule has 1 fully saturated rings. The van der Waals surface area contributed by atoms with Crippen LogP contribution in [0, 0.1) is 5.92 Å². The van der Waals surface area contributed by atoms with E-state index in [2.05, 4.69) is 5.32 Å². The third-order valence-corrected chi connectivity index (χ3v) is 3.65. The van der Waals surface area contributed by atoms with E-state index in [0.29, 0.717) is 11.4 Å². The van der Waals surface area contributed by atoms with Crippen LogP contribution in [0.4, 0.5) is 5.69 Å². The molecule has 0 spiro atoms. The molecule has 1 aromatic rings. The maximum absolute atomic E-state index is 12.1. The summed E-state index contributed by atoms with van der Waals surface area (Å²) in [6.45, 7) is 0.248. The van der Waals surface area contributed by atoms with Crippen LogP contribution < -0.4 is 21.5 Å². The lowest BCUT2D eigenvalue weighted by molar-refractivity contribution is -0.120. The first-order valence-electron chi connectivity index (χ1n) is 7.14. The fourth-order valence-corrected chi connectivity index (χ4v) is 2.45. The average Bonchev–Trinajstić information content (AvgIpc) is 2.87. The minimum atomic E-state index is -0.396. The summed E-state index contributed by atoms with van der Waals surface area (Å²) >= 11 is 0. The van der Waals surface area contributed by atoms with E-state index < -0.39 is 5.91 Å². The molecule has 0 aromatic heterocycles. The van der Waals surface area contributed by atoms with Gasteiger partial charge < -0.3 is 21.5 Å². The molecule has 2 unspecified atom stereocenters. The number of benzene rings is 1. The molecule has 2 amide bonds. The van der Waals surface area contributed by atoms with Crippen molar-refractivity contribution < 1.29 is 14.3 Å². The van der Waals surface area contributed by atoms with Crippen LogP contribution >= 0.6 is 0 Å². The van der Waals surface area contributed by atoms with Crippen molar-refractivity contribution in [1.29, 1.82) is 0 Å². The van der Waals surface area contributed by atoms with Crippen molar-refractivity contribution in [3.05, 3.63) is 24.3 Å². The number of carbonyl (C=O) groups is 2. The van der Waals surface area contributed by atoms with Gasteiger partial charge in [-0.15, -0.1) is 0 Å². The zero-order valence-electron chi connectivity index (χ0n) is 11.9. The summed E-state index contributed by atoms with van der Waals surface area (Å²) in [5.41, 5.74) is 11.7. The van der Waals surface area contributed by atoms with Crippen molar-refractivity contribution in [3.8, 4) is 5.75 Å². The zero-order valence-corrected chi connectivity index (χ0v) is 11.9. The molecule has 21 heavy (non-hydrogen) atoms. The van der Waals surface area contributed by atoms with Crippen molar-refractivity contribution in [2.75, 3.05) is 11.9 Å². The minimum Gasteiger partial charge on any atom is -0.493 e. The normalized spacial score (nSPS) is 21.0. The zero-order chi connectivity index (χ0) is 15.2. The maximum atomic E-state index is 12.1. The molecular weight excluding hydrogens is 270 g/mol. The molecule has 0 heterocycles. The number of primary amides is 1. The van der Waals surface area contributed by atoms with Gasteiger partial charge in [0.15, 0.2) is 0 Å². The predicted molar refractivity (Wildman–Crippen MR) is 79.7 cm³/mol. The van der Waals surface area contributed by atoms with Crippen LogP contribution in [0.25, 0.3) is 0 Å². The molecule has 2 rings (SSSR count). The second-order valence-corrected chi connectivity index (χ2v) is 5.28. The average molecular weight is 291 g/mol. The Hall–Kier alpha value is -2.08. The van der Waals surface area contributed by atoms with Gasteiger partial charge in [-0.05, 0) is 37.1 Å². The third kappa shape index (κ3) is 4.46. The second kappa shape index (κ2) is 7.08. The predicted octanol–water partition coefficient (Wildman–Crippen LogP) is 1.01. The molecule has 2 atom stereocenters. The number of carbonyl (C=O) groups excluding carboxylic acids is 2. The first kappa shape index (κ1) is 15.3. The fraction of sp³-hybridized carbons (Fsp3) is 0.467. The highest BCUT2D eigenvalue weighted by molar-refractivity contribution is 5.93. The minimum absolute atomic E-state index is 0.0256. The summed E-state index contributed by atoms with van der Waals surface area (Å²) in [4.78, 5) is 22.7. The summed E-state index contributed by atoms with van der Waals surface area (Å²) in [6, 6.07) is 6.97. The van der Waals surface area contributed by atoms with Gasteiger partial charge in [0.05, 0.1) is 18.9 Å². The number of ether oxygens (including phenoxy) is 1. The van der Waals surface area contributed by atoms with Gasteiger partial charge in [-0.1, -0.05) is 6.42 Å². The van der Waals surface area contributed by atoms with Gasteiger partial charge in [0.2, 0.25) is 11.8 Å². The van der Waals surface area contributed by atoms with Crippen LogP contribution in [0.15, 0.2) is 24.3 Å². The van der Waals surface area contributed by atoms with E-state index in [-0.39, 0.29) is 30.9 Å². The van der Waals surface area contributed by atoms with Gasteiger partial charge in [0.1, 0.15) is 5.75 Å². The first-order chi connectivity index (χ1) is 10.1. The Morgan fingerprint density at radius 2 is 1.95 bits per heavy atom. The lowest BCUT2D eigenvalue weighted by atomic mass is 10.0. The van der Waals surface area contributed by atoms with Crippen LogP contribution in [0.5, 0.6) is 5.75 Å². The van der Waals surface area contributed by atoms with Crippen molar-refractivity contribution in [3.63, 3.8) is 0 Å². The summed E-state index contributed by atoms with van der Waals surface area (Å²) in [5.74, 6) is 0.109. The largest absolute Gasteiger partial charge is 0.493 e. The van der Waals surface area contributed by atoms with Crippen LogP contribution in [0.3, 0.4) is 0 Å². The molecule has 5 N–H and O–H groups in total. The van der Waals surface area contributed by atoms with Crippen molar-refractivity contribution in [1.82, 2.24) is 0 Å². The van der Waals surface area contributed by atoms with Crippen molar-refractivity contribution >= 4 is 17.5 Å². The van der Waals surface area contributed by atoms with E-state index >= 15 is 0 Å². The van der Waals surface area contributed by atoms with Crippen LogP contribution in [0.1, 0.15) is 25.7 Å². The highest BCUT2D eigenvalue weighted by Crippen LogP contribution is 2.25. The highest BCUT2D eigenvalue weighted by atomic mass is 16.5. The Bertz CT molecular complexity index is 501. The number of hydrogen-bond donors (Lipinski definition) is 3. The van der Waals surface area contributed by atoms with E-state index in [1.165, 1.54) is 0 Å². The molecule has 1 aliphatic carbocycles. The Morgan fingerprint density at radius 1 is 1.24 bits per heavy atom. The Balaban J connectivity index is 1.84. The van der Waals surface area contributed by atoms with Gasteiger partial charge in [0.25, 0.3) is 0 Å². The quantitative estimate of drug-likeness (QED) is 0.726. The van der Waals surface area contributed by atoms with Gasteiger partial charge in [-0.3, -0.25) is 9.59 Å². The standard InChI is InChI=1S/C15H21N3O3/c16-13-3-1-2-12(13)15(20)18-10-4-6-11(7-5-10)21-9-8-14(17)19/h4-7,12-13H,1-3,8-9,16H2,(H2,17,19)(H,18,20). The van der Waals surface area contributed by atoms with Crippen LogP contribution in [0.2, 0.25) is 0 Å². The first-order valence-corrected chi connectivity index (χ1v) is 7.14. The van der Waals surface area contributed by atoms with Crippen LogP contribution in [-0.4, -0.2) is 24.5 Å². The summed E-state index contributed by atoms with van der Waals surface area (Å²) < 4.78 is 5.36. The second-order valence-electron chi connectivity index (χ2n) is 5.28. The van der Waals surface area contributed by atoms with E-state index in [1.807, 2.05) is 0 Å². The van der Waals surface area contributed by atoms with Gasteiger partial charge in [-0.2, -0.15) is 0 Å².